The number of sulfonamides is 1. The Morgan fingerprint density at radius 1 is 0.938 bits per heavy atom. The van der Waals surface area contributed by atoms with Gasteiger partial charge < -0.3 is 31.7 Å². The first-order chi connectivity index (χ1) is 22.8. The van der Waals surface area contributed by atoms with Crippen molar-refractivity contribution in [2.24, 2.45) is 0 Å². The summed E-state index contributed by atoms with van der Waals surface area (Å²) in [5.41, 5.74) is 14.7. The molecule has 0 aliphatic carbocycles. The van der Waals surface area contributed by atoms with E-state index in [0.29, 0.717) is 28.8 Å². The van der Waals surface area contributed by atoms with Crippen molar-refractivity contribution in [3.63, 3.8) is 0 Å². The van der Waals surface area contributed by atoms with Crippen molar-refractivity contribution in [3.8, 4) is 0 Å². The third-order valence-corrected chi connectivity index (χ3v) is 9.19. The van der Waals surface area contributed by atoms with Crippen molar-refractivity contribution in [2.75, 3.05) is 49.0 Å². The Bertz CT molecular complexity index is 2090. The van der Waals surface area contributed by atoms with Crippen molar-refractivity contribution in [2.45, 2.75) is 30.3 Å². The van der Waals surface area contributed by atoms with E-state index in [1.165, 1.54) is 6.07 Å². The van der Waals surface area contributed by atoms with Crippen LogP contribution in [0.4, 0.5) is 23.1 Å². The van der Waals surface area contributed by atoms with Crippen molar-refractivity contribution in [3.05, 3.63) is 78.1 Å². The lowest BCUT2D eigenvalue weighted by Crippen LogP contribution is -2.41. The summed E-state index contributed by atoms with van der Waals surface area (Å²) in [6, 6.07) is 15.9. The van der Waals surface area contributed by atoms with Gasteiger partial charge in [-0.1, -0.05) is 24.3 Å². The summed E-state index contributed by atoms with van der Waals surface area (Å²) in [7, 11) is 1.71. The molecule has 1 atom stereocenters. The molecule has 250 valence electrons. The number of nitrogens with one attached hydrogen (secondary N) is 2. The number of anilines is 4. The highest BCUT2D eigenvalue weighted by Crippen LogP contribution is 2.30. The van der Waals surface area contributed by atoms with Gasteiger partial charge in [-0.3, -0.25) is 4.79 Å². The average Bonchev–Trinajstić information content (AvgIpc) is 3.05. The molecule has 0 spiro atoms. The number of hydrogen-bond donors (Lipinski definition) is 5. The van der Waals surface area contributed by atoms with E-state index in [1.807, 2.05) is 43.1 Å². The molecule has 2 aromatic heterocycles. The number of carbonyl (C=O) groups is 2. The van der Waals surface area contributed by atoms with E-state index in [1.54, 1.807) is 48.7 Å². The fraction of sp³-hybridized carbons (Fsp3) is 0.250. The monoisotopic (exact) mass is 672 g/mol. The summed E-state index contributed by atoms with van der Waals surface area (Å²) in [5, 5.41) is 13.7. The number of amides is 1. The third-order valence-electron chi connectivity index (χ3n) is 7.67. The number of nitrogen functional groups attached to an aromatic ring is 2. The van der Waals surface area contributed by atoms with Crippen LogP contribution in [0.1, 0.15) is 28.9 Å². The van der Waals surface area contributed by atoms with Crippen LogP contribution in [0.15, 0.2) is 71.8 Å². The lowest BCUT2D eigenvalue weighted by molar-refractivity contribution is -0.139. The Labute approximate surface area is 277 Å². The minimum Gasteiger partial charge on any atom is -0.480 e. The fourth-order valence-corrected chi connectivity index (χ4v) is 6.53. The van der Waals surface area contributed by atoms with Crippen LogP contribution < -0.4 is 31.3 Å². The molecule has 16 heteroatoms. The number of hydrogen-bond acceptors (Lipinski definition) is 12. The SMILES string of the molecule is CN(C)c1cccc2c(S(=O)(=O)NCCCC(NC(=O)c3ccc(N(C)Cc4cnc5nc(N)nc(N)c5n4)cc3)C(=O)O)cccc12. The van der Waals surface area contributed by atoms with Gasteiger partial charge in [0.2, 0.25) is 16.0 Å². The average molecular weight is 673 g/mol. The van der Waals surface area contributed by atoms with Gasteiger partial charge in [0, 0.05) is 55.4 Å². The first-order valence-electron chi connectivity index (χ1n) is 14.9. The fourth-order valence-electron chi connectivity index (χ4n) is 5.24. The second kappa shape index (κ2) is 14.0. The van der Waals surface area contributed by atoms with Crippen molar-refractivity contribution in [1.29, 1.82) is 0 Å². The number of aliphatic carboxylic acids is 1. The van der Waals surface area contributed by atoms with E-state index in [9.17, 15) is 23.1 Å². The van der Waals surface area contributed by atoms with E-state index in [2.05, 4.69) is 30.0 Å². The molecule has 5 rings (SSSR count). The molecular formula is C32H36N10O5S. The molecule has 5 aromatic rings. The normalized spacial score (nSPS) is 12.1. The molecule has 1 amide bonds. The van der Waals surface area contributed by atoms with Gasteiger partial charge in [-0.2, -0.15) is 9.97 Å². The topological polar surface area (TPSA) is 223 Å². The maximum atomic E-state index is 13.2. The summed E-state index contributed by atoms with van der Waals surface area (Å²) in [4.78, 5) is 45.5. The molecule has 0 aliphatic rings. The zero-order chi connectivity index (χ0) is 34.6. The number of carboxylic acids is 1. The number of fused-ring (bicyclic) bond motifs is 2. The van der Waals surface area contributed by atoms with Crippen LogP contribution in [-0.4, -0.2) is 79.1 Å². The number of carbonyl (C=O) groups excluding carboxylic acids is 1. The number of nitrogens with two attached hydrogens (primary N) is 2. The Kier molecular flexibility index (Phi) is 9.86. The predicted molar refractivity (Wildman–Crippen MR) is 184 cm³/mol. The number of carboxylic acid groups (broad SMARTS) is 1. The molecule has 2 heterocycles. The molecule has 3 aromatic carbocycles. The van der Waals surface area contributed by atoms with Crippen LogP contribution >= 0.6 is 0 Å². The lowest BCUT2D eigenvalue weighted by atomic mass is 10.1. The van der Waals surface area contributed by atoms with Crippen LogP contribution in [0.3, 0.4) is 0 Å². The first-order valence-corrected chi connectivity index (χ1v) is 16.4. The minimum absolute atomic E-state index is 0.0113. The van der Waals surface area contributed by atoms with Crippen LogP contribution in [0.2, 0.25) is 0 Å². The maximum Gasteiger partial charge on any atom is 0.326 e. The minimum atomic E-state index is -3.89. The van der Waals surface area contributed by atoms with E-state index < -0.39 is 27.9 Å². The Balaban J connectivity index is 1.16. The Morgan fingerprint density at radius 2 is 1.65 bits per heavy atom. The van der Waals surface area contributed by atoms with Gasteiger partial charge in [0.15, 0.2) is 17.0 Å². The zero-order valence-electron chi connectivity index (χ0n) is 26.6. The van der Waals surface area contributed by atoms with E-state index >= 15 is 0 Å². The predicted octanol–water partition coefficient (Wildman–Crippen LogP) is 2.38. The van der Waals surface area contributed by atoms with Crippen molar-refractivity contribution >= 4 is 67.0 Å². The molecule has 0 saturated heterocycles. The van der Waals surface area contributed by atoms with Gasteiger partial charge in [0.25, 0.3) is 5.91 Å². The number of benzene rings is 3. The van der Waals surface area contributed by atoms with Crippen LogP contribution in [0.25, 0.3) is 21.9 Å². The molecule has 0 bridgehead atoms. The van der Waals surface area contributed by atoms with E-state index in [-0.39, 0.29) is 41.6 Å². The summed E-state index contributed by atoms with van der Waals surface area (Å²) in [5.74, 6) is -1.65. The van der Waals surface area contributed by atoms with Crippen LogP contribution in [-0.2, 0) is 21.4 Å². The van der Waals surface area contributed by atoms with E-state index in [4.69, 9.17) is 11.5 Å². The molecule has 0 saturated carbocycles. The second-order valence-electron chi connectivity index (χ2n) is 11.3. The van der Waals surface area contributed by atoms with Crippen LogP contribution in [0.5, 0.6) is 0 Å². The molecule has 0 fully saturated rings. The summed E-state index contributed by atoms with van der Waals surface area (Å²) in [6.45, 7) is 0.350. The zero-order valence-corrected chi connectivity index (χ0v) is 27.4. The Morgan fingerprint density at radius 3 is 2.35 bits per heavy atom. The maximum absolute atomic E-state index is 13.2. The van der Waals surface area contributed by atoms with Crippen molar-refractivity contribution < 1.29 is 23.1 Å². The van der Waals surface area contributed by atoms with Gasteiger partial charge in [0.1, 0.15) is 6.04 Å². The van der Waals surface area contributed by atoms with Gasteiger partial charge in [-0.05, 0) is 49.2 Å². The molecule has 0 radical (unpaired) electrons. The highest BCUT2D eigenvalue weighted by atomic mass is 32.2. The molecule has 7 N–H and O–H groups in total. The number of aromatic nitrogens is 4. The molecule has 15 nitrogen and oxygen atoms in total. The van der Waals surface area contributed by atoms with Crippen LogP contribution in [0, 0.1) is 0 Å². The summed E-state index contributed by atoms with van der Waals surface area (Å²) >= 11 is 0. The molecule has 48 heavy (non-hydrogen) atoms. The van der Waals surface area contributed by atoms with Gasteiger partial charge in [-0.15, -0.1) is 0 Å². The third kappa shape index (κ3) is 7.50. The summed E-state index contributed by atoms with van der Waals surface area (Å²) < 4.78 is 28.9. The Hall–Kier alpha value is -5.61. The van der Waals surface area contributed by atoms with Gasteiger partial charge in [0.05, 0.1) is 23.3 Å². The second-order valence-corrected chi connectivity index (χ2v) is 13.1. The van der Waals surface area contributed by atoms with Crippen molar-refractivity contribution in [1.82, 2.24) is 30.0 Å². The molecule has 1 unspecified atom stereocenters. The largest absolute Gasteiger partial charge is 0.480 e. The highest BCUT2D eigenvalue weighted by Gasteiger charge is 2.22. The van der Waals surface area contributed by atoms with E-state index in [0.717, 1.165) is 16.8 Å². The lowest BCUT2D eigenvalue weighted by Gasteiger charge is -2.19. The molecular weight excluding hydrogens is 636 g/mol. The quantitative estimate of drug-likeness (QED) is 0.114. The number of rotatable bonds is 13. The highest BCUT2D eigenvalue weighted by molar-refractivity contribution is 7.89. The standard InChI is InChI=1S/C32H36N10O5S/c1-41(2)25-10-4-8-23-22(25)7-5-11-26(23)48(46,47)36-16-6-9-24(31(44)45)38-30(43)19-12-14-21(15-13-19)42(3)18-20-17-35-29-27(37-20)28(33)39-32(34)40-29/h4-5,7-8,10-15,17,24,36H,6,9,16,18H2,1-3H3,(H,38,43)(H,44,45)(H4,33,34,35,39,40). The van der Waals surface area contributed by atoms with Gasteiger partial charge >= 0.3 is 5.97 Å². The molecule has 0 aliphatic heterocycles. The first kappa shape index (κ1) is 33.7. The number of nitrogens with zero attached hydrogens (tertiary/aromatic N) is 6. The summed E-state index contributed by atoms with van der Waals surface area (Å²) in [6.07, 6.45) is 1.75. The van der Waals surface area contributed by atoms with Gasteiger partial charge in [-0.25, -0.2) is 27.9 Å². The smallest absolute Gasteiger partial charge is 0.326 e.